The topological polar surface area (TPSA) is 105 Å². The van der Waals surface area contributed by atoms with Crippen molar-refractivity contribution in [1.82, 2.24) is 10.6 Å². The van der Waals surface area contributed by atoms with E-state index in [2.05, 4.69) is 15.4 Å². The van der Waals surface area contributed by atoms with E-state index in [-0.39, 0.29) is 19.4 Å². The Hall–Kier alpha value is -1.79. The van der Waals surface area contributed by atoms with Crippen molar-refractivity contribution < 1.29 is 24.2 Å². The van der Waals surface area contributed by atoms with Crippen LogP contribution in [0.3, 0.4) is 0 Å². The number of amides is 2. The molecule has 0 aliphatic rings. The number of rotatable bonds is 7. The molecule has 0 aliphatic carbocycles. The first-order valence-electron chi connectivity index (χ1n) is 5.44. The van der Waals surface area contributed by atoms with Crippen LogP contribution in [0, 0.1) is 0 Å². The van der Waals surface area contributed by atoms with Gasteiger partial charge in [-0.1, -0.05) is 0 Å². The molecule has 0 aromatic heterocycles. The molecule has 0 saturated heterocycles. The first kappa shape index (κ1) is 15.2. The Morgan fingerprint density at radius 3 is 2.41 bits per heavy atom. The highest BCUT2D eigenvalue weighted by atomic mass is 16.5. The summed E-state index contributed by atoms with van der Waals surface area (Å²) in [5.74, 6) is -1.66. The van der Waals surface area contributed by atoms with E-state index in [0.717, 1.165) is 0 Å². The van der Waals surface area contributed by atoms with Crippen molar-refractivity contribution in [2.75, 3.05) is 13.2 Å². The molecule has 0 aliphatic heterocycles. The maximum absolute atomic E-state index is 11.1. The molecule has 17 heavy (non-hydrogen) atoms. The molecule has 0 saturated carbocycles. The van der Waals surface area contributed by atoms with Crippen LogP contribution in [0.25, 0.3) is 0 Å². The molecule has 7 heteroatoms. The molecule has 2 amide bonds. The lowest BCUT2D eigenvalue weighted by atomic mass is 10.1. The SMILES string of the molecule is CCNC(=O)N[C@@H](CCC(=O)OCC)C(=O)O. The lowest BCUT2D eigenvalue weighted by Gasteiger charge is -2.14. The molecule has 1 atom stereocenters. The van der Waals surface area contributed by atoms with Crippen molar-refractivity contribution in [2.24, 2.45) is 0 Å². The second-order valence-corrected chi connectivity index (χ2v) is 3.24. The molecule has 7 nitrogen and oxygen atoms in total. The first-order valence-corrected chi connectivity index (χ1v) is 5.44. The normalized spacial score (nSPS) is 11.4. The van der Waals surface area contributed by atoms with Crippen molar-refractivity contribution in [3.05, 3.63) is 0 Å². The van der Waals surface area contributed by atoms with Crippen molar-refractivity contribution >= 4 is 18.0 Å². The molecular formula is C10H18N2O5. The number of carbonyl (C=O) groups is 3. The van der Waals surface area contributed by atoms with E-state index < -0.39 is 24.0 Å². The average molecular weight is 246 g/mol. The summed E-state index contributed by atoms with van der Waals surface area (Å²) in [4.78, 5) is 33.0. The van der Waals surface area contributed by atoms with Gasteiger partial charge in [-0.2, -0.15) is 0 Å². The third kappa shape index (κ3) is 7.15. The Bertz CT molecular complexity index is 280. The lowest BCUT2D eigenvalue weighted by molar-refractivity contribution is -0.144. The van der Waals surface area contributed by atoms with Gasteiger partial charge in [0.15, 0.2) is 0 Å². The zero-order valence-corrected chi connectivity index (χ0v) is 9.99. The Balaban J connectivity index is 4.11. The standard InChI is InChI=1S/C10H18N2O5/c1-3-11-10(16)12-7(9(14)15)5-6-8(13)17-4-2/h7H,3-6H2,1-2H3,(H,14,15)(H2,11,12,16)/t7-/m0/s1. The number of carboxylic acids is 1. The van der Waals surface area contributed by atoms with Gasteiger partial charge in [0.2, 0.25) is 0 Å². The van der Waals surface area contributed by atoms with Gasteiger partial charge in [-0.25, -0.2) is 9.59 Å². The van der Waals surface area contributed by atoms with Crippen LogP contribution in [-0.2, 0) is 14.3 Å². The molecule has 0 spiro atoms. The Kier molecular flexibility index (Phi) is 7.49. The van der Waals surface area contributed by atoms with Gasteiger partial charge in [0.05, 0.1) is 6.61 Å². The summed E-state index contributed by atoms with van der Waals surface area (Å²) in [7, 11) is 0. The fourth-order valence-electron chi connectivity index (χ4n) is 1.12. The molecule has 3 N–H and O–H groups in total. The highest BCUT2D eigenvalue weighted by Crippen LogP contribution is 2.00. The van der Waals surface area contributed by atoms with Gasteiger partial charge in [-0.05, 0) is 20.3 Å². The molecule has 0 aromatic rings. The van der Waals surface area contributed by atoms with Gasteiger partial charge in [-0.3, -0.25) is 4.79 Å². The summed E-state index contributed by atoms with van der Waals surface area (Å²) >= 11 is 0. The number of carbonyl (C=O) groups excluding carboxylic acids is 2. The van der Waals surface area contributed by atoms with Gasteiger partial charge < -0.3 is 20.5 Å². The van der Waals surface area contributed by atoms with Gasteiger partial charge in [0.25, 0.3) is 0 Å². The molecule has 0 fully saturated rings. The Morgan fingerprint density at radius 1 is 1.29 bits per heavy atom. The van der Waals surface area contributed by atoms with E-state index in [1.165, 1.54) is 0 Å². The highest BCUT2D eigenvalue weighted by molar-refractivity contribution is 5.83. The second-order valence-electron chi connectivity index (χ2n) is 3.24. The molecule has 0 aromatic carbocycles. The smallest absolute Gasteiger partial charge is 0.326 e. The number of hydrogen-bond donors (Lipinski definition) is 3. The maximum atomic E-state index is 11.1. The van der Waals surface area contributed by atoms with E-state index in [0.29, 0.717) is 6.54 Å². The summed E-state index contributed by atoms with van der Waals surface area (Å²) in [6, 6.07) is -1.66. The number of urea groups is 1. The number of esters is 1. The second kappa shape index (κ2) is 8.37. The Labute approximate surface area is 99.5 Å². The summed E-state index contributed by atoms with van der Waals surface area (Å²) in [5, 5.41) is 13.5. The summed E-state index contributed by atoms with van der Waals surface area (Å²) < 4.78 is 4.66. The van der Waals surface area contributed by atoms with Crippen LogP contribution in [0.2, 0.25) is 0 Å². The van der Waals surface area contributed by atoms with Crippen molar-refractivity contribution in [3.8, 4) is 0 Å². The largest absolute Gasteiger partial charge is 0.480 e. The average Bonchev–Trinajstić information content (AvgIpc) is 2.24. The zero-order chi connectivity index (χ0) is 13.3. The summed E-state index contributed by atoms with van der Waals surface area (Å²) in [5.41, 5.74) is 0. The quantitative estimate of drug-likeness (QED) is 0.553. The van der Waals surface area contributed by atoms with Crippen LogP contribution in [-0.4, -0.2) is 42.3 Å². The van der Waals surface area contributed by atoms with Crippen LogP contribution >= 0.6 is 0 Å². The number of nitrogens with one attached hydrogen (secondary N) is 2. The fourth-order valence-corrected chi connectivity index (χ4v) is 1.12. The van der Waals surface area contributed by atoms with E-state index in [9.17, 15) is 14.4 Å². The number of carboxylic acid groups (broad SMARTS) is 1. The summed E-state index contributed by atoms with van der Waals surface area (Å²) in [6.07, 6.45) is -0.0392. The van der Waals surface area contributed by atoms with Crippen LogP contribution in [0.4, 0.5) is 4.79 Å². The molecule has 98 valence electrons. The van der Waals surface area contributed by atoms with Crippen LogP contribution < -0.4 is 10.6 Å². The molecule has 0 radical (unpaired) electrons. The minimum Gasteiger partial charge on any atom is -0.480 e. The highest BCUT2D eigenvalue weighted by Gasteiger charge is 2.20. The third-order valence-electron chi connectivity index (χ3n) is 1.88. The number of hydrogen-bond acceptors (Lipinski definition) is 4. The Morgan fingerprint density at radius 2 is 1.94 bits per heavy atom. The van der Waals surface area contributed by atoms with Crippen molar-refractivity contribution in [1.29, 1.82) is 0 Å². The zero-order valence-electron chi connectivity index (χ0n) is 9.99. The number of aliphatic carboxylic acids is 1. The van der Waals surface area contributed by atoms with E-state index in [1.54, 1.807) is 13.8 Å². The van der Waals surface area contributed by atoms with E-state index >= 15 is 0 Å². The van der Waals surface area contributed by atoms with Crippen molar-refractivity contribution in [2.45, 2.75) is 32.7 Å². The monoisotopic (exact) mass is 246 g/mol. The third-order valence-corrected chi connectivity index (χ3v) is 1.88. The van der Waals surface area contributed by atoms with Crippen molar-refractivity contribution in [3.63, 3.8) is 0 Å². The van der Waals surface area contributed by atoms with Crippen LogP contribution in [0.1, 0.15) is 26.7 Å². The molecule has 0 bridgehead atoms. The van der Waals surface area contributed by atoms with E-state index in [4.69, 9.17) is 5.11 Å². The van der Waals surface area contributed by atoms with Gasteiger partial charge >= 0.3 is 18.0 Å². The van der Waals surface area contributed by atoms with Gasteiger partial charge in [-0.15, -0.1) is 0 Å². The minimum absolute atomic E-state index is 0.00526. The molecular weight excluding hydrogens is 228 g/mol. The van der Waals surface area contributed by atoms with Gasteiger partial charge in [0.1, 0.15) is 6.04 Å². The molecule has 0 rings (SSSR count). The number of ether oxygens (including phenoxy) is 1. The van der Waals surface area contributed by atoms with E-state index in [1.807, 2.05) is 0 Å². The fraction of sp³-hybridized carbons (Fsp3) is 0.700. The first-order chi connectivity index (χ1) is 8.01. The lowest BCUT2D eigenvalue weighted by Crippen LogP contribution is -2.46. The predicted molar refractivity (Wildman–Crippen MR) is 59.5 cm³/mol. The van der Waals surface area contributed by atoms with Crippen LogP contribution in [0.5, 0.6) is 0 Å². The minimum atomic E-state index is -1.18. The molecule has 0 heterocycles. The predicted octanol–water partition coefficient (Wildman–Crippen LogP) is 0.102. The van der Waals surface area contributed by atoms with Crippen LogP contribution in [0.15, 0.2) is 0 Å². The summed E-state index contributed by atoms with van der Waals surface area (Å²) in [6.45, 7) is 4.03. The molecule has 0 unspecified atom stereocenters. The van der Waals surface area contributed by atoms with Gasteiger partial charge in [0, 0.05) is 13.0 Å². The maximum Gasteiger partial charge on any atom is 0.326 e.